The molecule has 2 N–H and O–H groups in total. The van der Waals surface area contributed by atoms with Crippen LogP contribution in [0.1, 0.15) is 0 Å². The van der Waals surface area contributed by atoms with Gasteiger partial charge in [0.1, 0.15) is 0 Å². The Morgan fingerprint density at radius 1 is 1.86 bits per heavy atom. The standard InChI is InChI=1S/C4H5NS2/c5-3-1-2-7-4(3)6/h1-3H,5H2. The maximum absolute atomic E-state index is 5.43. The number of hydrogen-bond donors (Lipinski definition) is 1. The summed E-state index contributed by atoms with van der Waals surface area (Å²) in [5.74, 6) is 0. The number of hydrogen-bond acceptors (Lipinski definition) is 3. The minimum Gasteiger partial charge on any atom is -0.320 e. The molecule has 0 radical (unpaired) electrons. The summed E-state index contributed by atoms with van der Waals surface area (Å²) in [6.07, 6.45) is 1.90. The highest BCUT2D eigenvalue weighted by Gasteiger charge is 2.08. The van der Waals surface area contributed by atoms with Crippen LogP contribution in [0.2, 0.25) is 0 Å². The zero-order chi connectivity index (χ0) is 5.28. The van der Waals surface area contributed by atoms with Gasteiger partial charge in [0.15, 0.2) is 0 Å². The second-order valence-electron chi connectivity index (χ2n) is 1.29. The molecule has 1 rings (SSSR count). The van der Waals surface area contributed by atoms with Crippen molar-refractivity contribution in [3.8, 4) is 0 Å². The van der Waals surface area contributed by atoms with E-state index in [1.165, 1.54) is 11.8 Å². The SMILES string of the molecule is NC1C=CSC1=S. The van der Waals surface area contributed by atoms with Gasteiger partial charge in [-0.15, -0.1) is 0 Å². The smallest absolute Gasteiger partial charge is 0.0728 e. The van der Waals surface area contributed by atoms with Crippen LogP contribution in [0.15, 0.2) is 11.5 Å². The van der Waals surface area contributed by atoms with Gasteiger partial charge in [0, 0.05) is 0 Å². The van der Waals surface area contributed by atoms with Gasteiger partial charge >= 0.3 is 0 Å². The van der Waals surface area contributed by atoms with Gasteiger partial charge in [-0.3, -0.25) is 0 Å². The molecule has 0 aliphatic carbocycles. The predicted octanol–water partition coefficient (Wildman–Crippen LogP) is 0.902. The van der Waals surface area contributed by atoms with Gasteiger partial charge in [-0.2, -0.15) is 0 Å². The van der Waals surface area contributed by atoms with E-state index in [0.717, 1.165) is 4.20 Å². The van der Waals surface area contributed by atoms with E-state index >= 15 is 0 Å². The Morgan fingerprint density at radius 3 is 2.71 bits per heavy atom. The second-order valence-corrected chi connectivity index (χ2v) is 2.94. The molecule has 1 nitrogen and oxygen atoms in total. The molecule has 0 saturated carbocycles. The Balaban J connectivity index is 2.62. The van der Waals surface area contributed by atoms with Crippen molar-refractivity contribution in [1.29, 1.82) is 0 Å². The number of nitrogens with two attached hydrogens (primary N) is 1. The molecule has 1 heterocycles. The highest BCUT2D eigenvalue weighted by Crippen LogP contribution is 2.16. The van der Waals surface area contributed by atoms with Crippen LogP contribution in [0, 0.1) is 0 Å². The van der Waals surface area contributed by atoms with E-state index in [-0.39, 0.29) is 6.04 Å². The third-order valence-corrected chi connectivity index (χ3v) is 2.10. The van der Waals surface area contributed by atoms with E-state index in [0.29, 0.717) is 0 Å². The molecule has 38 valence electrons. The third-order valence-electron chi connectivity index (χ3n) is 0.742. The molecule has 0 amide bonds. The molecular weight excluding hydrogens is 126 g/mol. The lowest BCUT2D eigenvalue weighted by molar-refractivity contribution is 1.13. The van der Waals surface area contributed by atoms with Gasteiger partial charge in [-0.05, 0) is 5.41 Å². The fourth-order valence-corrected chi connectivity index (χ4v) is 1.21. The summed E-state index contributed by atoms with van der Waals surface area (Å²) >= 11 is 6.35. The van der Waals surface area contributed by atoms with Crippen LogP contribution in [-0.4, -0.2) is 10.2 Å². The summed E-state index contributed by atoms with van der Waals surface area (Å²) in [5.41, 5.74) is 5.43. The number of thioether (sulfide) groups is 1. The molecule has 1 aliphatic rings. The topological polar surface area (TPSA) is 26.0 Å². The lowest BCUT2D eigenvalue weighted by atomic mass is 10.4. The molecule has 1 unspecified atom stereocenters. The summed E-state index contributed by atoms with van der Waals surface area (Å²) in [6, 6.07) is 0.0278. The molecule has 1 atom stereocenters. The normalized spacial score (nSPS) is 29.3. The highest BCUT2D eigenvalue weighted by molar-refractivity contribution is 8.25. The molecule has 0 bridgehead atoms. The van der Waals surface area contributed by atoms with Crippen LogP contribution in [0.4, 0.5) is 0 Å². The maximum Gasteiger partial charge on any atom is 0.0728 e. The Kier molecular flexibility index (Phi) is 1.46. The van der Waals surface area contributed by atoms with Gasteiger partial charge in [0.25, 0.3) is 0 Å². The molecule has 0 aromatic heterocycles. The van der Waals surface area contributed by atoms with E-state index in [4.69, 9.17) is 18.0 Å². The van der Waals surface area contributed by atoms with Gasteiger partial charge in [0.05, 0.1) is 10.2 Å². The average molecular weight is 131 g/mol. The monoisotopic (exact) mass is 131 g/mol. The number of thiocarbonyl (C=S) groups is 1. The summed E-state index contributed by atoms with van der Waals surface area (Å²) in [7, 11) is 0. The Hall–Kier alpha value is 0.140. The average Bonchev–Trinajstić information content (AvgIpc) is 1.91. The van der Waals surface area contributed by atoms with Crippen LogP contribution in [0.25, 0.3) is 0 Å². The van der Waals surface area contributed by atoms with E-state index in [9.17, 15) is 0 Å². The van der Waals surface area contributed by atoms with Gasteiger partial charge in [0.2, 0.25) is 0 Å². The first kappa shape index (κ1) is 5.28. The predicted molar refractivity (Wildman–Crippen MR) is 37.3 cm³/mol. The Bertz CT molecular complexity index is 119. The quantitative estimate of drug-likeness (QED) is 0.495. The second kappa shape index (κ2) is 1.94. The summed E-state index contributed by atoms with van der Waals surface area (Å²) in [4.78, 5) is 0. The Morgan fingerprint density at radius 2 is 2.57 bits per heavy atom. The maximum atomic E-state index is 5.43. The van der Waals surface area contributed by atoms with Crippen molar-refractivity contribution in [2.24, 2.45) is 5.73 Å². The lowest BCUT2D eigenvalue weighted by Gasteiger charge is -1.93. The molecule has 1 aliphatic heterocycles. The Labute approximate surface area is 52.0 Å². The van der Waals surface area contributed by atoms with Crippen molar-refractivity contribution < 1.29 is 0 Å². The van der Waals surface area contributed by atoms with Gasteiger partial charge in [-0.25, -0.2) is 0 Å². The molecule has 0 aromatic carbocycles. The fraction of sp³-hybridized carbons (Fsp3) is 0.250. The summed E-state index contributed by atoms with van der Waals surface area (Å²) in [6.45, 7) is 0. The van der Waals surface area contributed by atoms with Crippen molar-refractivity contribution in [2.75, 3.05) is 0 Å². The van der Waals surface area contributed by atoms with Crippen LogP contribution in [0.5, 0.6) is 0 Å². The number of rotatable bonds is 0. The minimum absolute atomic E-state index is 0.0278. The van der Waals surface area contributed by atoms with Crippen molar-refractivity contribution in [2.45, 2.75) is 6.04 Å². The third kappa shape index (κ3) is 1.02. The lowest BCUT2D eigenvalue weighted by Crippen LogP contribution is -2.20. The molecule has 0 aromatic rings. The van der Waals surface area contributed by atoms with Crippen molar-refractivity contribution in [3.63, 3.8) is 0 Å². The first-order chi connectivity index (χ1) is 3.30. The summed E-state index contributed by atoms with van der Waals surface area (Å²) < 4.78 is 0.875. The van der Waals surface area contributed by atoms with Crippen LogP contribution in [-0.2, 0) is 0 Å². The van der Waals surface area contributed by atoms with Gasteiger partial charge in [-0.1, -0.05) is 30.1 Å². The first-order valence-corrected chi connectivity index (χ1v) is 3.22. The summed E-state index contributed by atoms with van der Waals surface area (Å²) in [5, 5.41) is 1.92. The first-order valence-electron chi connectivity index (χ1n) is 1.93. The molecule has 0 spiro atoms. The van der Waals surface area contributed by atoms with Gasteiger partial charge < -0.3 is 5.73 Å². The minimum atomic E-state index is 0.0278. The van der Waals surface area contributed by atoms with Crippen LogP contribution < -0.4 is 5.73 Å². The van der Waals surface area contributed by atoms with Crippen molar-refractivity contribution >= 4 is 28.2 Å². The highest BCUT2D eigenvalue weighted by atomic mass is 32.2. The van der Waals surface area contributed by atoms with Crippen LogP contribution in [0.3, 0.4) is 0 Å². The molecule has 0 fully saturated rings. The largest absolute Gasteiger partial charge is 0.320 e. The molecule has 7 heavy (non-hydrogen) atoms. The molecule has 0 saturated heterocycles. The molecule has 3 heteroatoms. The zero-order valence-electron chi connectivity index (χ0n) is 3.63. The van der Waals surface area contributed by atoms with Crippen LogP contribution >= 0.6 is 24.0 Å². The van der Waals surface area contributed by atoms with E-state index in [1.54, 1.807) is 0 Å². The van der Waals surface area contributed by atoms with Crippen molar-refractivity contribution in [3.05, 3.63) is 11.5 Å². The molecular formula is C4H5NS2. The van der Waals surface area contributed by atoms with Crippen molar-refractivity contribution in [1.82, 2.24) is 0 Å². The van der Waals surface area contributed by atoms with E-state index in [1.807, 2.05) is 11.5 Å². The van der Waals surface area contributed by atoms with E-state index in [2.05, 4.69) is 0 Å². The zero-order valence-corrected chi connectivity index (χ0v) is 5.26. The fourth-order valence-electron chi connectivity index (χ4n) is 0.348. The van der Waals surface area contributed by atoms with E-state index < -0.39 is 0 Å².